The molecular formula is C18H25N5O3. The van der Waals surface area contributed by atoms with Crippen LogP contribution in [-0.4, -0.2) is 33.0 Å². The second-order valence-corrected chi connectivity index (χ2v) is 7.44. The van der Waals surface area contributed by atoms with E-state index >= 15 is 0 Å². The monoisotopic (exact) mass is 359 g/mol. The lowest BCUT2D eigenvalue weighted by molar-refractivity contribution is 0.0942. The largest absolute Gasteiger partial charge is 0.348 e. The average molecular weight is 359 g/mol. The summed E-state index contributed by atoms with van der Waals surface area (Å²) in [6.07, 6.45) is 1.99. The second-order valence-electron chi connectivity index (χ2n) is 7.44. The van der Waals surface area contributed by atoms with Crippen LogP contribution in [0.4, 0.5) is 0 Å². The molecule has 1 aliphatic rings. The maximum atomic E-state index is 12.8. The fourth-order valence-electron chi connectivity index (χ4n) is 2.96. The number of fused-ring (bicyclic) bond motifs is 1. The Bertz CT molecular complexity index is 956. The molecule has 0 aromatic carbocycles. The lowest BCUT2D eigenvalue weighted by Crippen LogP contribution is -2.39. The topological polar surface area (TPSA) is 123 Å². The van der Waals surface area contributed by atoms with Crippen LogP contribution in [0.15, 0.2) is 15.7 Å². The first-order chi connectivity index (χ1) is 12.3. The van der Waals surface area contributed by atoms with Crippen LogP contribution in [0.25, 0.3) is 11.0 Å². The number of aromatic nitrogens is 3. The van der Waals surface area contributed by atoms with Crippen LogP contribution in [0.3, 0.4) is 0 Å². The molecule has 2 heterocycles. The van der Waals surface area contributed by atoms with Crippen LogP contribution in [0.2, 0.25) is 0 Å². The first-order valence-electron chi connectivity index (χ1n) is 9.00. The Morgan fingerprint density at radius 2 is 2.08 bits per heavy atom. The highest BCUT2D eigenvalue weighted by Gasteiger charge is 2.29. The summed E-state index contributed by atoms with van der Waals surface area (Å²) in [7, 11) is 0. The lowest BCUT2D eigenvalue weighted by Gasteiger charge is -2.16. The number of carbonyl (C=O) groups is 1. The fraction of sp³-hybridized carbons (Fsp3) is 0.556. The van der Waals surface area contributed by atoms with Crippen molar-refractivity contribution >= 4 is 16.9 Å². The van der Waals surface area contributed by atoms with E-state index in [0.717, 1.165) is 18.5 Å². The first kappa shape index (κ1) is 18.3. The van der Waals surface area contributed by atoms with Gasteiger partial charge < -0.3 is 11.1 Å². The number of nitrogens with two attached hydrogens (primary N) is 1. The third-order valence-electron chi connectivity index (χ3n) is 4.49. The molecule has 1 amide bonds. The highest BCUT2D eigenvalue weighted by molar-refractivity contribution is 6.05. The lowest BCUT2D eigenvalue weighted by atomic mass is 10.1. The van der Waals surface area contributed by atoms with Crippen molar-refractivity contribution < 1.29 is 4.79 Å². The molecule has 1 atom stereocenters. The van der Waals surface area contributed by atoms with Crippen molar-refractivity contribution in [3.63, 3.8) is 0 Å². The molecule has 8 nitrogen and oxygen atoms in total. The van der Waals surface area contributed by atoms with Crippen LogP contribution in [0, 0.1) is 5.92 Å². The Morgan fingerprint density at radius 1 is 1.38 bits per heavy atom. The number of nitrogens with zero attached hydrogens (tertiary/aromatic N) is 2. The van der Waals surface area contributed by atoms with Crippen LogP contribution in [-0.2, 0) is 6.54 Å². The van der Waals surface area contributed by atoms with E-state index in [1.807, 2.05) is 13.8 Å². The zero-order valence-electron chi connectivity index (χ0n) is 15.3. The molecule has 8 heteroatoms. The van der Waals surface area contributed by atoms with E-state index in [1.54, 1.807) is 13.0 Å². The van der Waals surface area contributed by atoms with E-state index < -0.39 is 11.2 Å². The van der Waals surface area contributed by atoms with Gasteiger partial charge in [-0.25, -0.2) is 9.78 Å². The van der Waals surface area contributed by atoms with Crippen molar-refractivity contribution in [3.05, 3.63) is 38.2 Å². The highest BCUT2D eigenvalue weighted by atomic mass is 16.2. The molecule has 3 rings (SSSR count). The van der Waals surface area contributed by atoms with Crippen molar-refractivity contribution in [1.82, 2.24) is 19.9 Å². The highest BCUT2D eigenvalue weighted by Crippen LogP contribution is 2.39. The smallest absolute Gasteiger partial charge is 0.330 e. The summed E-state index contributed by atoms with van der Waals surface area (Å²) in [5, 5.41) is 2.94. The molecule has 4 N–H and O–H groups in total. The first-order valence-corrected chi connectivity index (χ1v) is 9.00. The van der Waals surface area contributed by atoms with Gasteiger partial charge in [-0.3, -0.25) is 19.1 Å². The minimum atomic E-state index is -0.592. The van der Waals surface area contributed by atoms with E-state index in [2.05, 4.69) is 15.3 Å². The summed E-state index contributed by atoms with van der Waals surface area (Å²) < 4.78 is 1.45. The molecule has 2 aromatic rings. The molecule has 1 fully saturated rings. The van der Waals surface area contributed by atoms with E-state index in [0.29, 0.717) is 13.1 Å². The van der Waals surface area contributed by atoms with Crippen molar-refractivity contribution in [1.29, 1.82) is 0 Å². The molecule has 2 aromatic heterocycles. The Hall–Kier alpha value is -2.48. The van der Waals surface area contributed by atoms with Crippen LogP contribution < -0.4 is 22.3 Å². The van der Waals surface area contributed by atoms with Crippen molar-refractivity contribution in [2.45, 2.75) is 52.1 Å². The van der Waals surface area contributed by atoms with Crippen molar-refractivity contribution in [2.24, 2.45) is 11.7 Å². The van der Waals surface area contributed by atoms with Gasteiger partial charge in [0.25, 0.3) is 11.5 Å². The number of carbonyl (C=O) groups excluding carboxylic acids is 1. The predicted octanol–water partition coefficient (Wildman–Crippen LogP) is 0.695. The third-order valence-corrected chi connectivity index (χ3v) is 4.49. The van der Waals surface area contributed by atoms with Gasteiger partial charge >= 0.3 is 5.69 Å². The Kier molecular flexibility index (Phi) is 4.95. The van der Waals surface area contributed by atoms with Crippen LogP contribution in [0.1, 0.15) is 55.6 Å². The maximum Gasteiger partial charge on any atom is 0.330 e. The quantitative estimate of drug-likeness (QED) is 0.700. The Balaban J connectivity index is 2.27. The number of H-pyrrole nitrogens is 1. The van der Waals surface area contributed by atoms with Gasteiger partial charge in [-0.15, -0.1) is 0 Å². The molecule has 0 bridgehead atoms. The number of pyridine rings is 1. The average Bonchev–Trinajstić information content (AvgIpc) is 3.42. The van der Waals surface area contributed by atoms with Gasteiger partial charge in [-0.2, -0.15) is 0 Å². The minimum absolute atomic E-state index is 0.149. The van der Waals surface area contributed by atoms with Crippen LogP contribution >= 0.6 is 0 Å². The summed E-state index contributed by atoms with van der Waals surface area (Å²) >= 11 is 0. The second kappa shape index (κ2) is 7.03. The van der Waals surface area contributed by atoms with Crippen molar-refractivity contribution in [3.8, 4) is 0 Å². The SMILES string of the molecule is CC(C)Cn1c(=O)[nH]c(=O)c2c(C(=O)N[C@@H](C)CN)cc(C3CC3)nc21. The number of hydrogen-bond acceptors (Lipinski definition) is 5. The van der Waals surface area contributed by atoms with Gasteiger partial charge in [-0.1, -0.05) is 13.8 Å². The third kappa shape index (κ3) is 3.55. The molecule has 26 heavy (non-hydrogen) atoms. The van der Waals surface area contributed by atoms with E-state index in [-0.39, 0.29) is 40.4 Å². The molecule has 140 valence electrons. The maximum absolute atomic E-state index is 12.8. The van der Waals surface area contributed by atoms with Gasteiger partial charge in [0.2, 0.25) is 0 Å². The number of aromatic amines is 1. The van der Waals surface area contributed by atoms with Gasteiger partial charge in [0, 0.05) is 30.7 Å². The van der Waals surface area contributed by atoms with E-state index in [9.17, 15) is 14.4 Å². The Labute approximate surface area is 150 Å². The summed E-state index contributed by atoms with van der Waals surface area (Å²) in [5.41, 5.74) is 5.78. The standard InChI is InChI=1S/C18H25N5O3/c1-9(2)8-23-15-14(17(25)22-18(23)26)12(16(24)20-10(3)7-19)6-13(21-15)11-4-5-11/h6,9-11H,4-5,7-8,19H2,1-3H3,(H,20,24)(H,22,25,26)/t10-/m0/s1. The summed E-state index contributed by atoms with van der Waals surface area (Å²) in [5.74, 6) is 0.0833. The van der Waals surface area contributed by atoms with E-state index in [4.69, 9.17) is 5.73 Å². The van der Waals surface area contributed by atoms with Gasteiger partial charge in [0.15, 0.2) is 5.65 Å². The normalized spacial score (nSPS) is 15.4. The predicted molar refractivity (Wildman–Crippen MR) is 99.4 cm³/mol. The molecule has 0 aliphatic heterocycles. The van der Waals surface area contributed by atoms with Gasteiger partial charge in [-0.05, 0) is 31.7 Å². The molecule has 1 saturated carbocycles. The zero-order chi connectivity index (χ0) is 19.0. The van der Waals surface area contributed by atoms with E-state index in [1.165, 1.54) is 4.57 Å². The number of amides is 1. The Morgan fingerprint density at radius 3 is 2.65 bits per heavy atom. The molecule has 0 saturated heterocycles. The number of rotatable bonds is 6. The minimum Gasteiger partial charge on any atom is -0.348 e. The van der Waals surface area contributed by atoms with Crippen molar-refractivity contribution in [2.75, 3.05) is 6.54 Å². The summed E-state index contributed by atoms with van der Waals surface area (Å²) in [6, 6.07) is 1.45. The fourth-order valence-corrected chi connectivity index (χ4v) is 2.96. The zero-order valence-corrected chi connectivity index (χ0v) is 15.3. The molecule has 1 aliphatic carbocycles. The van der Waals surface area contributed by atoms with Crippen LogP contribution in [0.5, 0.6) is 0 Å². The van der Waals surface area contributed by atoms with Gasteiger partial charge in [0.1, 0.15) is 0 Å². The molecule has 0 radical (unpaired) electrons. The summed E-state index contributed by atoms with van der Waals surface area (Å²) in [4.78, 5) is 44.5. The summed E-state index contributed by atoms with van der Waals surface area (Å²) in [6.45, 7) is 6.45. The molecule has 0 unspecified atom stereocenters. The number of hydrogen-bond donors (Lipinski definition) is 3. The van der Waals surface area contributed by atoms with Gasteiger partial charge in [0.05, 0.1) is 10.9 Å². The number of nitrogens with one attached hydrogen (secondary N) is 2. The molecule has 0 spiro atoms. The molecular weight excluding hydrogens is 334 g/mol.